The van der Waals surface area contributed by atoms with Gasteiger partial charge in [0.2, 0.25) is 0 Å². The number of carbonyl (C=O) groups is 1. The summed E-state index contributed by atoms with van der Waals surface area (Å²) >= 11 is 5.16. The molecule has 17 heavy (non-hydrogen) atoms. The monoisotopic (exact) mass is 251 g/mol. The average molecular weight is 251 g/mol. The molecule has 0 saturated carbocycles. The predicted molar refractivity (Wildman–Crippen MR) is 65.0 cm³/mol. The molecule has 3 nitrogen and oxygen atoms in total. The minimum Gasteiger partial charge on any atom is -0.462 e. The quantitative estimate of drug-likeness (QED) is 0.658. The summed E-state index contributed by atoms with van der Waals surface area (Å²) in [7, 11) is 0. The molecule has 0 atom stereocenters. The fraction of sp³-hybridized carbons (Fsp3) is 0.167. The molecule has 1 heterocycles. The number of aromatic amines is 1. The lowest BCUT2D eigenvalue weighted by Crippen LogP contribution is -2.06. The number of carbonyl (C=O) groups excluding carboxylic acids is 1. The molecule has 1 N–H and O–H groups in total. The Kier molecular flexibility index (Phi) is 3.19. The van der Waals surface area contributed by atoms with Crippen LogP contribution in [0.2, 0.25) is 0 Å². The highest BCUT2D eigenvalue weighted by Gasteiger charge is 2.11. The molecule has 0 aliphatic heterocycles. The first-order chi connectivity index (χ1) is 8.13. The van der Waals surface area contributed by atoms with E-state index in [1.54, 1.807) is 13.0 Å². The van der Waals surface area contributed by atoms with Gasteiger partial charge >= 0.3 is 5.97 Å². The number of rotatable bonds is 2. The van der Waals surface area contributed by atoms with Gasteiger partial charge in [0.1, 0.15) is 5.82 Å². The first-order valence-corrected chi connectivity index (χ1v) is 5.52. The maximum absolute atomic E-state index is 13.1. The second kappa shape index (κ2) is 4.63. The van der Waals surface area contributed by atoms with Gasteiger partial charge in [-0.15, -0.1) is 0 Å². The molecule has 0 saturated heterocycles. The van der Waals surface area contributed by atoms with E-state index in [-0.39, 0.29) is 12.2 Å². The predicted octanol–water partition coefficient (Wildman–Crippen LogP) is 3.21. The lowest BCUT2D eigenvalue weighted by molar-refractivity contribution is 0.0525. The van der Waals surface area contributed by atoms with Crippen LogP contribution in [0.25, 0.3) is 10.9 Å². The molecule has 2 rings (SSSR count). The minimum absolute atomic E-state index is 0.250. The third-order valence-electron chi connectivity index (χ3n) is 2.34. The molecule has 0 unspecified atom stereocenters. The van der Waals surface area contributed by atoms with Crippen molar-refractivity contribution in [3.05, 3.63) is 40.3 Å². The molecule has 0 spiro atoms. The number of ether oxygens (including phenoxy) is 1. The van der Waals surface area contributed by atoms with E-state index < -0.39 is 11.8 Å². The van der Waals surface area contributed by atoms with E-state index in [0.29, 0.717) is 15.4 Å². The van der Waals surface area contributed by atoms with Crippen LogP contribution in [0.15, 0.2) is 24.4 Å². The van der Waals surface area contributed by atoms with Crippen LogP contribution in [-0.4, -0.2) is 17.6 Å². The van der Waals surface area contributed by atoms with Crippen LogP contribution in [0.4, 0.5) is 4.39 Å². The van der Waals surface area contributed by atoms with Crippen LogP contribution in [0.1, 0.15) is 17.3 Å². The summed E-state index contributed by atoms with van der Waals surface area (Å²) in [4.78, 5) is 14.5. The highest BCUT2D eigenvalue weighted by Crippen LogP contribution is 2.18. The molecular weight excluding hydrogens is 241 g/mol. The molecule has 5 heteroatoms. The van der Waals surface area contributed by atoms with Gasteiger partial charge in [-0.1, -0.05) is 12.2 Å². The summed E-state index contributed by atoms with van der Waals surface area (Å²) in [5.74, 6) is -0.891. The van der Waals surface area contributed by atoms with Crippen molar-refractivity contribution in [3.63, 3.8) is 0 Å². The molecule has 0 amide bonds. The lowest BCUT2D eigenvalue weighted by Gasteiger charge is -2.04. The average Bonchev–Trinajstić information content (AvgIpc) is 2.30. The first-order valence-electron chi connectivity index (χ1n) is 5.11. The smallest absolute Gasteiger partial charge is 0.341 e. The van der Waals surface area contributed by atoms with Gasteiger partial charge in [-0.3, -0.25) is 0 Å². The van der Waals surface area contributed by atoms with E-state index in [0.717, 1.165) is 0 Å². The van der Waals surface area contributed by atoms with Gasteiger partial charge in [0.25, 0.3) is 0 Å². The number of hydrogen-bond acceptors (Lipinski definition) is 3. The van der Waals surface area contributed by atoms with Crippen LogP contribution in [0.3, 0.4) is 0 Å². The minimum atomic E-state index is -0.500. The number of aromatic nitrogens is 1. The number of benzene rings is 1. The Labute approximate surface area is 102 Å². The van der Waals surface area contributed by atoms with Crippen molar-refractivity contribution in [2.45, 2.75) is 6.92 Å². The number of H-pyrrole nitrogens is 1. The third kappa shape index (κ3) is 2.19. The van der Waals surface area contributed by atoms with Crippen LogP contribution in [0, 0.1) is 10.3 Å². The van der Waals surface area contributed by atoms with Gasteiger partial charge in [-0.2, -0.15) is 0 Å². The summed E-state index contributed by atoms with van der Waals surface area (Å²) in [6.07, 6.45) is 1.49. The molecule has 0 radical (unpaired) electrons. The van der Waals surface area contributed by atoms with Crippen molar-refractivity contribution < 1.29 is 13.9 Å². The van der Waals surface area contributed by atoms with Gasteiger partial charge < -0.3 is 9.72 Å². The van der Waals surface area contributed by atoms with Gasteiger partial charge in [0.05, 0.1) is 16.7 Å². The molecular formula is C12H10FNO2S. The van der Waals surface area contributed by atoms with E-state index in [1.807, 2.05) is 0 Å². The van der Waals surface area contributed by atoms with Crippen LogP contribution in [-0.2, 0) is 4.74 Å². The molecule has 0 fully saturated rings. The van der Waals surface area contributed by atoms with Gasteiger partial charge in [-0.25, -0.2) is 9.18 Å². The number of fused-ring (bicyclic) bond motifs is 1. The van der Waals surface area contributed by atoms with Crippen LogP contribution >= 0.6 is 12.2 Å². The van der Waals surface area contributed by atoms with Crippen molar-refractivity contribution >= 4 is 29.1 Å². The van der Waals surface area contributed by atoms with Crippen molar-refractivity contribution in [2.75, 3.05) is 6.61 Å². The number of esters is 1. The van der Waals surface area contributed by atoms with E-state index in [1.165, 1.54) is 18.3 Å². The van der Waals surface area contributed by atoms with Crippen LogP contribution < -0.4 is 0 Å². The lowest BCUT2D eigenvalue weighted by atomic mass is 10.1. The Hall–Kier alpha value is -1.75. The second-order valence-electron chi connectivity index (χ2n) is 3.44. The Balaban J connectivity index is 2.65. The van der Waals surface area contributed by atoms with Gasteiger partial charge in [-0.05, 0) is 25.1 Å². The van der Waals surface area contributed by atoms with Gasteiger partial charge in [0.15, 0.2) is 0 Å². The molecule has 0 aliphatic carbocycles. The fourth-order valence-electron chi connectivity index (χ4n) is 1.55. The van der Waals surface area contributed by atoms with E-state index in [2.05, 4.69) is 4.98 Å². The molecule has 88 valence electrons. The van der Waals surface area contributed by atoms with Crippen molar-refractivity contribution in [1.29, 1.82) is 0 Å². The Bertz CT molecular complexity index is 636. The zero-order valence-corrected chi connectivity index (χ0v) is 9.94. The fourth-order valence-corrected chi connectivity index (χ4v) is 1.86. The first kappa shape index (κ1) is 11.7. The molecule has 1 aromatic carbocycles. The van der Waals surface area contributed by atoms with E-state index in [4.69, 9.17) is 17.0 Å². The summed E-state index contributed by atoms with van der Waals surface area (Å²) in [5, 5.41) is 0.505. The summed E-state index contributed by atoms with van der Waals surface area (Å²) in [6, 6.07) is 4.21. The molecule has 0 bridgehead atoms. The van der Waals surface area contributed by atoms with Crippen molar-refractivity contribution in [1.82, 2.24) is 4.98 Å². The molecule has 2 aromatic rings. The number of nitrogens with one attached hydrogen (secondary N) is 1. The maximum Gasteiger partial charge on any atom is 0.341 e. The third-order valence-corrected chi connectivity index (χ3v) is 2.78. The standard InChI is InChI=1S/C12H10FNO2S/c1-2-16-12(15)9-6-14-10-4-3-7(13)5-8(10)11(9)17/h3-6H,2H2,1H3,(H,14,17). The van der Waals surface area contributed by atoms with E-state index >= 15 is 0 Å². The SMILES string of the molecule is CCOC(=O)c1c[nH]c2ccc(F)cc2c1=S. The second-order valence-corrected chi connectivity index (χ2v) is 3.85. The molecule has 0 aliphatic rings. The van der Waals surface area contributed by atoms with Crippen molar-refractivity contribution in [2.24, 2.45) is 0 Å². The Morgan fingerprint density at radius 3 is 3.00 bits per heavy atom. The summed E-state index contributed by atoms with van der Waals surface area (Å²) in [6.45, 7) is 1.99. The zero-order chi connectivity index (χ0) is 12.4. The summed E-state index contributed by atoms with van der Waals surface area (Å²) < 4.78 is 18.3. The molecule has 1 aromatic heterocycles. The summed E-state index contributed by atoms with van der Waals surface area (Å²) in [5.41, 5.74) is 0.935. The Morgan fingerprint density at radius 1 is 1.53 bits per heavy atom. The van der Waals surface area contributed by atoms with Gasteiger partial charge in [0, 0.05) is 17.1 Å². The number of halogens is 1. The highest BCUT2D eigenvalue weighted by molar-refractivity contribution is 7.71. The number of pyridine rings is 1. The maximum atomic E-state index is 13.1. The van der Waals surface area contributed by atoms with E-state index in [9.17, 15) is 9.18 Å². The largest absolute Gasteiger partial charge is 0.462 e. The van der Waals surface area contributed by atoms with Crippen LogP contribution in [0.5, 0.6) is 0 Å². The number of hydrogen-bond donors (Lipinski definition) is 1. The zero-order valence-electron chi connectivity index (χ0n) is 9.12. The topological polar surface area (TPSA) is 42.1 Å². The highest BCUT2D eigenvalue weighted by atomic mass is 32.1. The normalized spacial score (nSPS) is 10.5. The van der Waals surface area contributed by atoms with Crippen molar-refractivity contribution in [3.8, 4) is 0 Å². The Morgan fingerprint density at radius 2 is 2.29 bits per heavy atom.